The number of fused-ring (bicyclic) bond motifs is 1. The SMILES string of the molecule is C1=C(c2ccc3ccccc3[n+]2Cc2ccccc2)CCCC1.FC(F)(F)c1cc([B-](c2cc(C(F)(F)F)cc(C(F)(F)F)c2)(c2cc(C(F)(F)F)cc(C(F)(F)F)c2)c2cc(C(F)(F)F)cc(C(F)(F)F)c2)cc(C(F)(F)F)c1. The number of hydrogen-bond donors (Lipinski definition) is 0. The first kappa shape index (κ1) is 60.5. The minimum absolute atomic E-state index is 0.691. The lowest BCUT2D eigenvalue weighted by Gasteiger charge is -2.46. The molecule has 26 heteroatoms. The van der Waals surface area contributed by atoms with E-state index < -0.39 is 195 Å². The zero-order valence-electron chi connectivity index (χ0n) is 40.0. The molecule has 80 heavy (non-hydrogen) atoms. The number of para-hydroxylation sites is 1. The number of allylic oxidation sites excluding steroid dienone is 2. The Bertz CT molecular complexity index is 2970. The van der Waals surface area contributed by atoms with E-state index in [1.54, 1.807) is 0 Å². The first-order chi connectivity index (χ1) is 36.7. The maximum atomic E-state index is 14.2. The van der Waals surface area contributed by atoms with Crippen molar-refractivity contribution in [3.8, 4) is 0 Å². The van der Waals surface area contributed by atoms with Crippen LogP contribution in [0.1, 0.15) is 81.4 Å². The third-order valence-corrected chi connectivity index (χ3v) is 13.2. The van der Waals surface area contributed by atoms with E-state index in [1.807, 2.05) is 0 Å². The molecule has 8 rings (SSSR count). The fourth-order valence-corrected chi connectivity index (χ4v) is 9.62. The molecule has 0 N–H and O–H groups in total. The van der Waals surface area contributed by atoms with Crippen molar-refractivity contribution in [2.24, 2.45) is 0 Å². The Morgan fingerprint density at radius 2 is 0.650 bits per heavy atom. The third-order valence-electron chi connectivity index (χ3n) is 13.2. The second kappa shape index (κ2) is 21.4. The molecule has 0 bridgehead atoms. The highest BCUT2D eigenvalue weighted by molar-refractivity contribution is 7.20. The highest BCUT2D eigenvalue weighted by atomic mass is 19.4. The van der Waals surface area contributed by atoms with Crippen LogP contribution in [-0.2, 0) is 56.0 Å². The minimum Gasteiger partial charge on any atom is -0.194 e. The van der Waals surface area contributed by atoms with Crippen LogP contribution in [0.3, 0.4) is 0 Å². The summed E-state index contributed by atoms with van der Waals surface area (Å²) in [6.45, 7) is 0.925. The molecule has 0 unspecified atom stereocenters. The quantitative estimate of drug-likeness (QED) is 0.0851. The predicted molar refractivity (Wildman–Crippen MR) is 246 cm³/mol. The van der Waals surface area contributed by atoms with Gasteiger partial charge in [-0.25, -0.2) is 0 Å². The van der Waals surface area contributed by atoms with E-state index >= 15 is 0 Å². The fraction of sp³-hybridized carbons (Fsp3) is 0.241. The van der Waals surface area contributed by atoms with Gasteiger partial charge in [-0.05, 0) is 62.1 Å². The van der Waals surface area contributed by atoms with Gasteiger partial charge in [0, 0.05) is 28.7 Å². The van der Waals surface area contributed by atoms with Crippen molar-refractivity contribution in [3.05, 3.63) is 201 Å². The molecule has 0 aliphatic heterocycles. The lowest BCUT2D eigenvalue weighted by molar-refractivity contribution is -0.664. The van der Waals surface area contributed by atoms with E-state index in [9.17, 15) is 105 Å². The Hall–Kier alpha value is -7.15. The molecular formula is C54H34BF24N. The largest absolute Gasteiger partial charge is 0.416 e. The molecule has 0 atom stereocenters. The summed E-state index contributed by atoms with van der Waals surface area (Å²) in [6.07, 6.45) is -47.3. The molecule has 0 radical (unpaired) electrons. The molecule has 0 fully saturated rings. The van der Waals surface area contributed by atoms with E-state index in [2.05, 4.69) is 77.4 Å². The average molecular weight is 1160 g/mol. The van der Waals surface area contributed by atoms with Crippen LogP contribution >= 0.6 is 0 Å². The molecule has 1 nitrogen and oxygen atoms in total. The second-order valence-corrected chi connectivity index (χ2v) is 18.5. The first-order valence-corrected chi connectivity index (χ1v) is 23.2. The monoisotopic (exact) mass is 1160 g/mol. The molecule has 1 heterocycles. The van der Waals surface area contributed by atoms with Crippen LogP contribution in [0.5, 0.6) is 0 Å². The molecule has 0 saturated carbocycles. The Labute approximate surface area is 436 Å². The van der Waals surface area contributed by atoms with Gasteiger partial charge in [-0.3, -0.25) is 0 Å². The van der Waals surface area contributed by atoms with Crippen LogP contribution in [0.4, 0.5) is 105 Å². The summed E-state index contributed by atoms with van der Waals surface area (Å²) in [7, 11) is 0. The smallest absolute Gasteiger partial charge is 0.194 e. The third kappa shape index (κ3) is 13.4. The van der Waals surface area contributed by atoms with Crippen molar-refractivity contribution in [2.45, 2.75) is 81.6 Å². The van der Waals surface area contributed by atoms with Gasteiger partial charge in [-0.1, -0.05) is 97.1 Å². The van der Waals surface area contributed by atoms with Crippen molar-refractivity contribution in [3.63, 3.8) is 0 Å². The van der Waals surface area contributed by atoms with Gasteiger partial charge in [0.1, 0.15) is 6.15 Å². The maximum absolute atomic E-state index is 14.2. The van der Waals surface area contributed by atoms with Gasteiger partial charge in [-0.15, -0.1) is 0 Å². The topological polar surface area (TPSA) is 3.88 Å². The van der Waals surface area contributed by atoms with E-state index in [4.69, 9.17) is 0 Å². The Morgan fingerprint density at radius 1 is 0.338 bits per heavy atom. The summed E-state index contributed by atoms with van der Waals surface area (Å²) in [5.41, 5.74) is -24.6. The lowest BCUT2D eigenvalue weighted by atomic mass is 9.12. The summed E-state index contributed by atoms with van der Waals surface area (Å²) < 4.78 is 343. The van der Waals surface area contributed by atoms with Crippen molar-refractivity contribution in [1.82, 2.24) is 0 Å². The molecule has 426 valence electrons. The van der Waals surface area contributed by atoms with E-state index in [0.29, 0.717) is 0 Å². The molecule has 0 spiro atoms. The van der Waals surface area contributed by atoms with Crippen LogP contribution < -0.4 is 26.4 Å². The number of rotatable bonds is 7. The molecular weight excluding hydrogens is 1130 g/mol. The summed E-state index contributed by atoms with van der Waals surface area (Å²) in [4.78, 5) is 0. The number of alkyl halides is 24. The number of benzene rings is 6. The van der Waals surface area contributed by atoms with Crippen LogP contribution in [0.25, 0.3) is 16.5 Å². The van der Waals surface area contributed by atoms with Crippen LogP contribution in [0, 0.1) is 0 Å². The lowest BCUT2D eigenvalue weighted by Crippen LogP contribution is -2.75. The minimum atomic E-state index is -6.13. The first-order valence-electron chi connectivity index (χ1n) is 23.2. The number of aromatic nitrogens is 1. The van der Waals surface area contributed by atoms with Crippen molar-refractivity contribution in [2.75, 3.05) is 0 Å². The van der Waals surface area contributed by atoms with Gasteiger partial charge in [0.05, 0.1) is 44.5 Å². The van der Waals surface area contributed by atoms with Gasteiger partial charge in [-0.2, -0.15) is 132 Å². The second-order valence-electron chi connectivity index (χ2n) is 18.5. The Kier molecular flexibility index (Phi) is 16.2. The molecule has 0 saturated heterocycles. The van der Waals surface area contributed by atoms with Crippen LogP contribution in [0.2, 0.25) is 0 Å². The standard InChI is InChI=1S/C32H12BF24.C22H22N/c34-25(35,36)13-1-14(26(37,38)39)6-21(5-13)33(22-7-15(27(40,41)42)2-16(8-22)28(43,44)45,23-9-17(29(46,47)48)3-18(10-23)30(49,50)51)24-11-19(31(52,53)54)4-20(12-24)32(55,56)57;1-3-9-18(10-4-1)17-23-21-14-8-7-13-20(21)15-16-22(23)19-11-5-2-6-12-19/h1-12H;1,3-4,7-11,13-16H,2,5-6,12,17H2/q-1;+1. The molecule has 0 amide bonds. The highest BCUT2D eigenvalue weighted by Crippen LogP contribution is 2.42. The number of nitrogens with zero attached hydrogens (tertiary/aromatic N) is 1. The summed E-state index contributed by atoms with van der Waals surface area (Å²) in [6, 6.07) is 15.2. The number of pyridine rings is 1. The molecule has 1 aromatic heterocycles. The van der Waals surface area contributed by atoms with Crippen molar-refractivity contribution < 1.29 is 110 Å². The zero-order valence-corrected chi connectivity index (χ0v) is 40.0. The molecule has 7 aromatic rings. The zero-order chi connectivity index (χ0) is 59.4. The van der Waals surface area contributed by atoms with Gasteiger partial charge in [0.25, 0.3) is 0 Å². The Morgan fingerprint density at radius 3 is 0.950 bits per heavy atom. The van der Waals surface area contributed by atoms with E-state index in [0.717, 1.165) is 6.54 Å². The fourth-order valence-electron chi connectivity index (χ4n) is 9.62. The number of halogens is 24. The van der Waals surface area contributed by atoms with Crippen molar-refractivity contribution in [1.29, 1.82) is 0 Å². The van der Waals surface area contributed by atoms with Gasteiger partial charge in [0.15, 0.2) is 6.54 Å². The van der Waals surface area contributed by atoms with Gasteiger partial charge >= 0.3 is 49.4 Å². The normalized spacial score (nSPS) is 14.4. The van der Waals surface area contributed by atoms with E-state index in [1.165, 1.54) is 53.4 Å². The molecule has 1 aliphatic carbocycles. The van der Waals surface area contributed by atoms with Gasteiger partial charge < -0.3 is 0 Å². The Balaban J connectivity index is 0.000000329. The average Bonchev–Trinajstić information content (AvgIpc) is 3.35. The maximum Gasteiger partial charge on any atom is 0.416 e. The summed E-state index contributed by atoms with van der Waals surface area (Å²) in [5.74, 6) is 0. The van der Waals surface area contributed by atoms with Crippen LogP contribution in [-0.4, -0.2) is 6.15 Å². The molecule has 6 aromatic carbocycles. The van der Waals surface area contributed by atoms with Crippen LogP contribution in [0.15, 0.2) is 146 Å². The van der Waals surface area contributed by atoms with E-state index in [-0.39, 0.29) is 0 Å². The van der Waals surface area contributed by atoms with Gasteiger partial charge in [0.2, 0.25) is 11.2 Å². The van der Waals surface area contributed by atoms with Crippen molar-refractivity contribution >= 4 is 44.5 Å². The molecule has 1 aliphatic rings. The summed E-state index contributed by atoms with van der Waals surface area (Å²) in [5, 5.41) is 1.31. The summed E-state index contributed by atoms with van der Waals surface area (Å²) >= 11 is 0. The number of hydrogen-bond acceptors (Lipinski definition) is 0. The highest BCUT2D eigenvalue weighted by Gasteiger charge is 2.47. The predicted octanol–water partition coefficient (Wildman–Crippen LogP) is 16.3.